The van der Waals surface area contributed by atoms with Gasteiger partial charge in [-0.3, -0.25) is 0 Å². The second kappa shape index (κ2) is 7.40. The molecule has 0 aromatic carbocycles. The molecule has 2 N–H and O–H groups in total. The van der Waals surface area contributed by atoms with Crippen molar-refractivity contribution in [3.63, 3.8) is 0 Å². The minimum absolute atomic E-state index is 0.0411. The summed E-state index contributed by atoms with van der Waals surface area (Å²) in [6, 6.07) is 2.92. The van der Waals surface area contributed by atoms with Crippen LogP contribution in [0.4, 0.5) is 0 Å². The molecule has 1 aliphatic heterocycles. The Labute approximate surface area is 126 Å². The number of hydrogen-bond acceptors (Lipinski definition) is 5. The summed E-state index contributed by atoms with van der Waals surface area (Å²) in [6.07, 6.45) is 2.82. The molecule has 0 radical (unpaired) electrons. The van der Waals surface area contributed by atoms with Gasteiger partial charge in [-0.15, -0.1) is 0 Å². The molecule has 0 aliphatic carbocycles. The first-order chi connectivity index (χ1) is 10.0. The molecule has 0 bridgehead atoms. The quantitative estimate of drug-likeness (QED) is 0.712. The molecule has 1 saturated heterocycles. The van der Waals surface area contributed by atoms with Crippen molar-refractivity contribution < 1.29 is 17.6 Å². The number of hydrogen-bond donors (Lipinski definition) is 2. The first kappa shape index (κ1) is 16.5. The summed E-state index contributed by atoms with van der Waals surface area (Å²) in [4.78, 5) is 0. The Morgan fingerprint density at radius 1 is 1.43 bits per heavy atom. The number of rotatable bonds is 8. The normalized spacial score (nSPS) is 20.8. The van der Waals surface area contributed by atoms with Crippen molar-refractivity contribution in [3.05, 3.63) is 17.9 Å². The first-order valence-electron chi connectivity index (χ1n) is 7.46. The van der Waals surface area contributed by atoms with Crippen molar-refractivity contribution in [1.82, 2.24) is 10.0 Å². The van der Waals surface area contributed by atoms with Gasteiger partial charge in [0, 0.05) is 12.6 Å². The summed E-state index contributed by atoms with van der Waals surface area (Å²) < 4.78 is 38.1. The van der Waals surface area contributed by atoms with Crippen LogP contribution in [0.2, 0.25) is 0 Å². The van der Waals surface area contributed by atoms with Crippen molar-refractivity contribution >= 4 is 10.0 Å². The Bertz CT molecular complexity index is 535. The average Bonchev–Trinajstić information content (AvgIpc) is 3.10. The van der Waals surface area contributed by atoms with E-state index >= 15 is 0 Å². The molecule has 1 aromatic heterocycles. The maximum absolute atomic E-state index is 12.3. The molecule has 2 heterocycles. The van der Waals surface area contributed by atoms with E-state index in [1.54, 1.807) is 6.07 Å². The zero-order valence-corrected chi connectivity index (χ0v) is 13.4. The Morgan fingerprint density at radius 3 is 2.90 bits per heavy atom. The zero-order chi connectivity index (χ0) is 15.3. The number of furan rings is 1. The van der Waals surface area contributed by atoms with Gasteiger partial charge in [0.25, 0.3) is 10.0 Å². The number of nitrogens with one attached hydrogen (secondary N) is 2. The lowest BCUT2D eigenvalue weighted by Crippen LogP contribution is -2.40. The van der Waals surface area contributed by atoms with Crippen LogP contribution in [-0.4, -0.2) is 33.7 Å². The highest BCUT2D eigenvalue weighted by atomic mass is 32.2. The third-order valence-electron chi connectivity index (χ3n) is 3.49. The van der Waals surface area contributed by atoms with Crippen LogP contribution < -0.4 is 10.0 Å². The fourth-order valence-electron chi connectivity index (χ4n) is 2.36. The minimum Gasteiger partial charge on any atom is -0.447 e. The van der Waals surface area contributed by atoms with Gasteiger partial charge in [-0.2, -0.15) is 0 Å². The third kappa shape index (κ3) is 4.54. The summed E-state index contributed by atoms with van der Waals surface area (Å²) in [5, 5.41) is 3.13. The molecule has 0 spiro atoms. The lowest BCUT2D eigenvalue weighted by Gasteiger charge is -2.19. The van der Waals surface area contributed by atoms with Crippen LogP contribution in [0, 0.1) is 0 Å². The van der Waals surface area contributed by atoms with Crippen molar-refractivity contribution in [3.8, 4) is 0 Å². The SMILES string of the molecule is CCCNCc1ccc(S(=O)(=O)NC(C)C2CCCO2)o1. The highest BCUT2D eigenvalue weighted by molar-refractivity contribution is 7.89. The smallest absolute Gasteiger partial charge is 0.274 e. The fraction of sp³-hybridized carbons (Fsp3) is 0.714. The Kier molecular flexibility index (Phi) is 5.80. The molecule has 0 amide bonds. The van der Waals surface area contributed by atoms with E-state index in [9.17, 15) is 8.42 Å². The topological polar surface area (TPSA) is 80.6 Å². The lowest BCUT2D eigenvalue weighted by molar-refractivity contribution is 0.0901. The highest BCUT2D eigenvalue weighted by Gasteiger charge is 2.28. The van der Waals surface area contributed by atoms with Gasteiger partial charge in [0.2, 0.25) is 5.09 Å². The molecular formula is C14H24N2O4S. The molecule has 2 unspecified atom stereocenters. The van der Waals surface area contributed by atoms with Crippen LogP contribution in [0.3, 0.4) is 0 Å². The van der Waals surface area contributed by atoms with Gasteiger partial charge in [0.1, 0.15) is 5.76 Å². The summed E-state index contributed by atoms with van der Waals surface area (Å²) in [6.45, 7) is 5.99. The average molecular weight is 316 g/mol. The molecule has 21 heavy (non-hydrogen) atoms. The molecule has 6 nitrogen and oxygen atoms in total. The van der Waals surface area contributed by atoms with Crippen LogP contribution in [0.15, 0.2) is 21.6 Å². The maximum Gasteiger partial charge on any atom is 0.274 e. The van der Waals surface area contributed by atoms with Crippen LogP contribution >= 0.6 is 0 Å². The predicted octanol–water partition coefficient (Wildman–Crippen LogP) is 1.62. The summed E-state index contributed by atoms with van der Waals surface area (Å²) in [5.74, 6) is 0.619. The molecule has 120 valence electrons. The highest BCUT2D eigenvalue weighted by Crippen LogP contribution is 2.19. The predicted molar refractivity (Wildman–Crippen MR) is 79.5 cm³/mol. The molecule has 1 aliphatic rings. The van der Waals surface area contributed by atoms with Gasteiger partial charge < -0.3 is 14.5 Å². The van der Waals surface area contributed by atoms with Crippen LogP contribution in [-0.2, 0) is 21.3 Å². The molecular weight excluding hydrogens is 292 g/mol. The van der Waals surface area contributed by atoms with Gasteiger partial charge in [-0.25, -0.2) is 13.1 Å². The number of sulfonamides is 1. The molecule has 1 fully saturated rings. The van der Waals surface area contributed by atoms with Gasteiger partial charge in [-0.1, -0.05) is 6.92 Å². The van der Waals surface area contributed by atoms with Crippen LogP contribution in [0.25, 0.3) is 0 Å². The third-order valence-corrected chi connectivity index (χ3v) is 4.92. The summed E-state index contributed by atoms with van der Waals surface area (Å²) in [5.41, 5.74) is 0. The van der Waals surface area contributed by atoms with Crippen molar-refractivity contribution in [2.75, 3.05) is 13.2 Å². The first-order valence-corrected chi connectivity index (χ1v) is 8.94. The van der Waals surface area contributed by atoms with E-state index in [-0.39, 0.29) is 17.2 Å². The molecule has 2 atom stereocenters. The lowest BCUT2D eigenvalue weighted by atomic mass is 10.1. The molecule has 0 saturated carbocycles. The Balaban J connectivity index is 1.95. The molecule has 2 rings (SSSR count). The Hall–Kier alpha value is -0.890. The van der Waals surface area contributed by atoms with Crippen LogP contribution in [0.5, 0.6) is 0 Å². The Morgan fingerprint density at radius 2 is 2.24 bits per heavy atom. The van der Waals surface area contributed by atoms with Crippen molar-refractivity contribution in [2.45, 2.75) is 56.9 Å². The van der Waals surface area contributed by atoms with Crippen LogP contribution in [0.1, 0.15) is 38.9 Å². The van der Waals surface area contributed by atoms with Gasteiger partial charge in [0.15, 0.2) is 0 Å². The van der Waals surface area contributed by atoms with E-state index in [2.05, 4.69) is 17.0 Å². The van der Waals surface area contributed by atoms with E-state index in [0.29, 0.717) is 18.9 Å². The van der Waals surface area contributed by atoms with Crippen molar-refractivity contribution in [1.29, 1.82) is 0 Å². The summed E-state index contributed by atoms with van der Waals surface area (Å²) >= 11 is 0. The monoisotopic (exact) mass is 316 g/mol. The van der Waals surface area contributed by atoms with E-state index in [4.69, 9.17) is 9.15 Å². The molecule has 1 aromatic rings. The number of ether oxygens (including phenoxy) is 1. The van der Waals surface area contributed by atoms with E-state index in [1.807, 2.05) is 6.92 Å². The van der Waals surface area contributed by atoms with Gasteiger partial charge in [0.05, 0.1) is 12.6 Å². The van der Waals surface area contributed by atoms with E-state index in [1.165, 1.54) is 6.07 Å². The molecule has 7 heteroatoms. The van der Waals surface area contributed by atoms with E-state index < -0.39 is 10.0 Å². The zero-order valence-electron chi connectivity index (χ0n) is 12.6. The van der Waals surface area contributed by atoms with Gasteiger partial charge >= 0.3 is 0 Å². The van der Waals surface area contributed by atoms with Crippen molar-refractivity contribution in [2.24, 2.45) is 0 Å². The second-order valence-corrected chi connectivity index (χ2v) is 7.00. The fourth-order valence-corrected chi connectivity index (χ4v) is 3.58. The standard InChI is InChI=1S/C14H24N2O4S/c1-3-8-15-10-12-6-7-14(20-12)21(17,18)16-11(2)13-5-4-9-19-13/h6-7,11,13,15-16H,3-5,8-10H2,1-2H3. The largest absolute Gasteiger partial charge is 0.447 e. The van der Waals surface area contributed by atoms with Gasteiger partial charge in [-0.05, 0) is 44.9 Å². The second-order valence-electron chi connectivity index (χ2n) is 5.36. The maximum atomic E-state index is 12.3. The minimum atomic E-state index is -3.63. The van der Waals surface area contributed by atoms with E-state index in [0.717, 1.165) is 25.8 Å². The summed E-state index contributed by atoms with van der Waals surface area (Å²) in [7, 11) is -3.63.